The average molecular weight is 596 g/mol. The van der Waals surface area contributed by atoms with Gasteiger partial charge in [-0.1, -0.05) is 42.5 Å². The summed E-state index contributed by atoms with van der Waals surface area (Å²) in [6.45, 7) is 6.72. The number of alkyl halides is 6. The van der Waals surface area contributed by atoms with Crippen molar-refractivity contribution in [2.24, 2.45) is 0 Å². The SMILES string of the molecule is CCOC(=O)C1CN(Cc2ccc(-c3ccc(C(O)(C(F)(F)F)C(F)(F)F)cc3)c(C)c2)CCN1Cc1ccncc1. The number of aromatic nitrogens is 1. The van der Waals surface area contributed by atoms with Crippen LogP contribution in [0.1, 0.15) is 29.2 Å². The number of hydrogen-bond donors (Lipinski definition) is 1. The Kier molecular flexibility index (Phi) is 9.29. The lowest BCUT2D eigenvalue weighted by molar-refractivity contribution is -0.376. The van der Waals surface area contributed by atoms with Crippen molar-refractivity contribution in [1.29, 1.82) is 0 Å². The van der Waals surface area contributed by atoms with Crippen LogP contribution in [0.5, 0.6) is 0 Å². The number of carbonyl (C=O) groups excluding carboxylic acids is 1. The Balaban J connectivity index is 1.48. The molecule has 1 aliphatic rings. The lowest BCUT2D eigenvalue weighted by Crippen LogP contribution is -2.56. The van der Waals surface area contributed by atoms with Gasteiger partial charge in [0.1, 0.15) is 6.04 Å². The van der Waals surface area contributed by atoms with Gasteiger partial charge in [0.05, 0.1) is 6.61 Å². The van der Waals surface area contributed by atoms with Crippen LogP contribution in [0.3, 0.4) is 0 Å². The summed E-state index contributed by atoms with van der Waals surface area (Å²) in [4.78, 5) is 21.1. The van der Waals surface area contributed by atoms with Crippen molar-refractivity contribution in [3.8, 4) is 11.1 Å². The van der Waals surface area contributed by atoms with Gasteiger partial charge in [0.2, 0.25) is 0 Å². The quantitative estimate of drug-likeness (QED) is 0.270. The number of aliphatic hydroxyl groups is 1. The maximum Gasteiger partial charge on any atom is 0.430 e. The molecule has 3 aromatic rings. The highest BCUT2D eigenvalue weighted by Gasteiger charge is 2.71. The lowest BCUT2D eigenvalue weighted by Gasteiger charge is -2.40. The lowest BCUT2D eigenvalue weighted by atomic mass is 9.90. The van der Waals surface area contributed by atoms with Gasteiger partial charge in [-0.25, -0.2) is 0 Å². The Morgan fingerprint density at radius 2 is 1.57 bits per heavy atom. The molecule has 0 spiro atoms. The topological polar surface area (TPSA) is 65.9 Å². The predicted octanol–water partition coefficient (Wildman–Crippen LogP) is 5.62. The molecule has 2 heterocycles. The van der Waals surface area contributed by atoms with Crippen LogP contribution in [0.4, 0.5) is 26.3 Å². The largest absolute Gasteiger partial charge is 0.465 e. The number of pyridine rings is 1. The highest BCUT2D eigenvalue weighted by atomic mass is 19.4. The first kappa shape index (κ1) is 31.5. The molecular weight excluding hydrogens is 564 g/mol. The molecule has 1 fully saturated rings. The van der Waals surface area contributed by atoms with Crippen molar-refractivity contribution in [3.63, 3.8) is 0 Å². The summed E-state index contributed by atoms with van der Waals surface area (Å²) in [5.41, 5.74) is -2.52. The third-order valence-electron chi connectivity index (χ3n) is 7.40. The van der Waals surface area contributed by atoms with Crippen LogP contribution in [-0.4, -0.2) is 70.5 Å². The first-order chi connectivity index (χ1) is 19.7. The second kappa shape index (κ2) is 12.4. The molecule has 1 saturated heterocycles. The van der Waals surface area contributed by atoms with Crippen molar-refractivity contribution < 1.29 is 41.0 Å². The minimum absolute atomic E-state index is 0.270. The van der Waals surface area contributed by atoms with Gasteiger partial charge in [-0.3, -0.25) is 19.6 Å². The molecule has 6 nitrogen and oxygen atoms in total. The van der Waals surface area contributed by atoms with Crippen LogP contribution in [0, 0.1) is 6.92 Å². The Morgan fingerprint density at radius 3 is 2.14 bits per heavy atom. The molecule has 0 aliphatic carbocycles. The van der Waals surface area contributed by atoms with Gasteiger partial charge >= 0.3 is 18.3 Å². The molecule has 0 amide bonds. The van der Waals surface area contributed by atoms with Gasteiger partial charge in [0, 0.05) is 50.7 Å². The number of nitrogens with zero attached hydrogens (tertiary/aromatic N) is 3. The van der Waals surface area contributed by atoms with Crippen molar-refractivity contribution in [3.05, 3.63) is 89.2 Å². The highest BCUT2D eigenvalue weighted by molar-refractivity contribution is 5.76. The van der Waals surface area contributed by atoms with Crippen LogP contribution < -0.4 is 0 Å². The third-order valence-corrected chi connectivity index (χ3v) is 7.40. The van der Waals surface area contributed by atoms with E-state index in [9.17, 15) is 36.2 Å². The maximum atomic E-state index is 13.2. The van der Waals surface area contributed by atoms with Gasteiger partial charge in [-0.05, 0) is 53.8 Å². The van der Waals surface area contributed by atoms with E-state index < -0.39 is 29.6 Å². The summed E-state index contributed by atoms with van der Waals surface area (Å²) in [6, 6.07) is 12.4. The van der Waals surface area contributed by atoms with E-state index in [1.807, 2.05) is 24.3 Å². The van der Waals surface area contributed by atoms with Gasteiger partial charge in [-0.15, -0.1) is 0 Å². The molecule has 42 heavy (non-hydrogen) atoms. The fourth-order valence-electron chi connectivity index (χ4n) is 5.18. The summed E-state index contributed by atoms with van der Waals surface area (Å²) in [6.07, 6.45) is -8.48. The van der Waals surface area contributed by atoms with E-state index in [0.717, 1.165) is 28.8 Å². The van der Waals surface area contributed by atoms with E-state index in [1.165, 1.54) is 0 Å². The van der Waals surface area contributed by atoms with Gasteiger partial charge < -0.3 is 9.84 Å². The molecule has 1 aliphatic heterocycles. The zero-order valence-electron chi connectivity index (χ0n) is 23.0. The molecule has 1 unspecified atom stereocenters. The first-order valence-corrected chi connectivity index (χ1v) is 13.3. The second-order valence-electron chi connectivity index (χ2n) is 10.3. The number of benzene rings is 2. The van der Waals surface area contributed by atoms with E-state index >= 15 is 0 Å². The zero-order valence-corrected chi connectivity index (χ0v) is 23.0. The molecule has 2 aromatic carbocycles. The number of carbonyl (C=O) groups is 1. The van der Waals surface area contributed by atoms with Crippen LogP contribution in [0.15, 0.2) is 67.0 Å². The fraction of sp³-hybridized carbons (Fsp3) is 0.400. The van der Waals surface area contributed by atoms with Crippen LogP contribution in [0.2, 0.25) is 0 Å². The standard InChI is InChI=1S/C30H31F6N3O3/c1-3-42-27(40)26-19-38(14-15-39(26)18-21-10-12-37-13-11-21)17-22-4-9-25(20(2)16-22)23-5-7-24(8-6-23)28(41,29(31,32)33)30(34,35)36/h4-13,16,26,41H,3,14-15,17-19H2,1-2H3. The van der Waals surface area contributed by atoms with Crippen molar-refractivity contribution >= 4 is 5.97 Å². The Bertz CT molecular complexity index is 1350. The molecule has 0 saturated carbocycles. The number of piperazine rings is 1. The summed E-state index contributed by atoms with van der Waals surface area (Å²) >= 11 is 0. The first-order valence-electron chi connectivity index (χ1n) is 13.3. The Hall–Kier alpha value is -3.48. The number of rotatable bonds is 8. The van der Waals surface area contributed by atoms with E-state index in [-0.39, 0.29) is 12.6 Å². The molecule has 1 aromatic heterocycles. The van der Waals surface area contributed by atoms with E-state index in [1.54, 1.807) is 32.3 Å². The zero-order chi connectivity index (χ0) is 30.7. The molecule has 12 heteroatoms. The number of hydrogen-bond acceptors (Lipinski definition) is 6. The number of esters is 1. The van der Waals surface area contributed by atoms with Crippen molar-refractivity contribution in [1.82, 2.24) is 14.8 Å². The molecule has 1 N–H and O–H groups in total. The third kappa shape index (κ3) is 6.61. The summed E-state index contributed by atoms with van der Waals surface area (Å²) < 4.78 is 84.7. The smallest absolute Gasteiger partial charge is 0.430 e. The van der Waals surface area contributed by atoms with Crippen LogP contribution in [0.25, 0.3) is 11.1 Å². The molecule has 0 radical (unpaired) electrons. The summed E-state index contributed by atoms with van der Waals surface area (Å²) in [7, 11) is 0. The van der Waals surface area contributed by atoms with Crippen molar-refractivity contribution in [2.75, 3.05) is 26.2 Å². The maximum absolute atomic E-state index is 13.2. The summed E-state index contributed by atoms with van der Waals surface area (Å²) in [5, 5.41) is 9.65. The molecule has 4 rings (SSSR count). The van der Waals surface area contributed by atoms with Gasteiger partial charge in [0.25, 0.3) is 5.60 Å². The van der Waals surface area contributed by atoms with E-state index in [4.69, 9.17) is 4.74 Å². The number of ether oxygens (including phenoxy) is 1. The minimum atomic E-state index is -5.94. The van der Waals surface area contributed by atoms with E-state index in [2.05, 4.69) is 14.8 Å². The van der Waals surface area contributed by atoms with Gasteiger partial charge in [-0.2, -0.15) is 26.3 Å². The predicted molar refractivity (Wildman–Crippen MR) is 143 cm³/mol. The average Bonchev–Trinajstić information content (AvgIpc) is 2.93. The minimum Gasteiger partial charge on any atom is -0.465 e. The Labute approximate surface area is 239 Å². The van der Waals surface area contributed by atoms with Crippen LogP contribution in [-0.2, 0) is 28.2 Å². The highest BCUT2D eigenvalue weighted by Crippen LogP contribution is 2.50. The number of halogens is 6. The summed E-state index contributed by atoms with van der Waals surface area (Å²) in [5.74, 6) is -0.297. The monoisotopic (exact) mass is 595 g/mol. The molecule has 1 atom stereocenters. The second-order valence-corrected chi connectivity index (χ2v) is 10.3. The molecule has 226 valence electrons. The Morgan fingerprint density at radius 1 is 0.929 bits per heavy atom. The van der Waals surface area contributed by atoms with Crippen molar-refractivity contribution in [2.45, 2.75) is 50.9 Å². The fourth-order valence-corrected chi connectivity index (χ4v) is 5.18. The van der Waals surface area contributed by atoms with Gasteiger partial charge in [0.15, 0.2) is 0 Å². The molecular formula is C30H31F6N3O3. The van der Waals surface area contributed by atoms with Crippen LogP contribution >= 0.6 is 0 Å². The van der Waals surface area contributed by atoms with E-state index in [0.29, 0.717) is 56.0 Å². The molecule has 0 bridgehead atoms. The normalized spacial score (nSPS) is 17.3. The number of aryl methyl sites for hydroxylation is 1.